The lowest BCUT2D eigenvalue weighted by Gasteiger charge is -2.29. The Balaban J connectivity index is 1.98. The van der Waals surface area contributed by atoms with Crippen LogP contribution in [0, 0.1) is 0 Å². The summed E-state index contributed by atoms with van der Waals surface area (Å²) in [6, 6.07) is 24.6. The molecular formula is C21H22ClNSi. The minimum atomic E-state index is -1.58. The lowest BCUT2D eigenvalue weighted by atomic mass is 9.94. The third-order valence-corrected chi connectivity index (χ3v) is 8.23. The fourth-order valence-corrected chi connectivity index (χ4v) is 6.19. The molecule has 1 heterocycles. The van der Waals surface area contributed by atoms with Crippen LogP contribution in [0.3, 0.4) is 0 Å². The maximum absolute atomic E-state index is 6.09. The molecule has 1 unspecified atom stereocenters. The second-order valence-electron chi connectivity index (χ2n) is 6.84. The maximum atomic E-state index is 6.09. The minimum Gasteiger partial charge on any atom is -0.265 e. The molecule has 0 saturated carbocycles. The number of aromatic nitrogens is 1. The van der Waals surface area contributed by atoms with E-state index in [1.807, 2.05) is 24.5 Å². The molecule has 0 amide bonds. The van der Waals surface area contributed by atoms with Crippen molar-refractivity contribution >= 4 is 24.9 Å². The zero-order valence-electron chi connectivity index (χ0n) is 14.1. The molecule has 0 aliphatic heterocycles. The van der Waals surface area contributed by atoms with E-state index in [-0.39, 0.29) is 0 Å². The van der Waals surface area contributed by atoms with Crippen LogP contribution >= 0.6 is 11.6 Å². The Morgan fingerprint density at radius 1 is 0.833 bits per heavy atom. The van der Waals surface area contributed by atoms with Crippen molar-refractivity contribution in [2.75, 3.05) is 0 Å². The van der Waals surface area contributed by atoms with Gasteiger partial charge in [-0.25, -0.2) is 0 Å². The number of nitrogens with zero attached hydrogens (tertiary/aromatic N) is 1. The highest BCUT2D eigenvalue weighted by Gasteiger charge is 2.29. The zero-order chi connectivity index (χ0) is 17.0. The third-order valence-electron chi connectivity index (χ3n) is 4.65. The lowest BCUT2D eigenvalue weighted by molar-refractivity contribution is 0.897. The summed E-state index contributed by atoms with van der Waals surface area (Å²) < 4.78 is 0. The molecular weight excluding hydrogens is 330 g/mol. The fraction of sp³-hybridized carbons (Fsp3) is 0.190. The van der Waals surface area contributed by atoms with Crippen LogP contribution in [0.5, 0.6) is 0 Å². The Kier molecular flexibility index (Phi) is 5.17. The second kappa shape index (κ2) is 7.33. The molecule has 0 spiro atoms. The van der Waals surface area contributed by atoms with E-state index >= 15 is 0 Å². The molecule has 1 aromatic heterocycles. The molecule has 122 valence electrons. The van der Waals surface area contributed by atoms with Gasteiger partial charge in [0.05, 0.1) is 8.07 Å². The number of halogens is 1. The maximum Gasteiger partial charge on any atom is 0.0815 e. The van der Waals surface area contributed by atoms with E-state index in [0.29, 0.717) is 5.92 Å². The van der Waals surface area contributed by atoms with E-state index < -0.39 is 8.07 Å². The normalized spacial score (nSPS) is 12.8. The van der Waals surface area contributed by atoms with Gasteiger partial charge in [0.2, 0.25) is 0 Å². The van der Waals surface area contributed by atoms with Crippen LogP contribution in [0.25, 0.3) is 0 Å². The molecule has 3 heteroatoms. The topological polar surface area (TPSA) is 12.9 Å². The Bertz CT molecular complexity index is 770. The molecule has 1 atom stereocenters. The van der Waals surface area contributed by atoms with Crippen LogP contribution in [0.4, 0.5) is 0 Å². The number of benzene rings is 2. The summed E-state index contributed by atoms with van der Waals surface area (Å²) in [6.45, 7) is 4.90. The van der Waals surface area contributed by atoms with Gasteiger partial charge in [-0.3, -0.25) is 4.98 Å². The largest absolute Gasteiger partial charge is 0.265 e. The van der Waals surface area contributed by atoms with Crippen molar-refractivity contribution in [1.29, 1.82) is 0 Å². The van der Waals surface area contributed by atoms with Gasteiger partial charge in [-0.1, -0.05) is 72.3 Å². The van der Waals surface area contributed by atoms with Gasteiger partial charge in [0.15, 0.2) is 0 Å². The van der Waals surface area contributed by atoms with Gasteiger partial charge in [0.1, 0.15) is 0 Å². The van der Waals surface area contributed by atoms with Crippen molar-refractivity contribution < 1.29 is 0 Å². The van der Waals surface area contributed by atoms with Crippen molar-refractivity contribution in [3.63, 3.8) is 0 Å². The summed E-state index contributed by atoms with van der Waals surface area (Å²) in [4.78, 5) is 4.18. The highest BCUT2D eigenvalue weighted by molar-refractivity contribution is 6.89. The van der Waals surface area contributed by atoms with Crippen LogP contribution in [0.2, 0.25) is 24.2 Å². The average Bonchev–Trinajstić information content (AvgIpc) is 2.62. The average molecular weight is 352 g/mol. The predicted molar refractivity (Wildman–Crippen MR) is 106 cm³/mol. The number of rotatable bonds is 5. The van der Waals surface area contributed by atoms with E-state index in [1.165, 1.54) is 16.3 Å². The van der Waals surface area contributed by atoms with Gasteiger partial charge >= 0.3 is 0 Å². The zero-order valence-corrected chi connectivity index (χ0v) is 15.9. The Hall–Kier alpha value is -1.90. The van der Waals surface area contributed by atoms with E-state index in [1.54, 1.807) is 0 Å². The molecule has 24 heavy (non-hydrogen) atoms. The van der Waals surface area contributed by atoms with Crippen molar-refractivity contribution in [3.05, 3.63) is 95.3 Å². The molecule has 0 fully saturated rings. The molecule has 0 aliphatic carbocycles. The number of hydrogen-bond acceptors (Lipinski definition) is 1. The molecule has 3 aromatic rings. The SMILES string of the molecule is C[Si](C)(CC(c1ccncc1)c1ccc(Cl)cc1)c1ccccc1. The van der Waals surface area contributed by atoms with E-state index in [9.17, 15) is 0 Å². The summed E-state index contributed by atoms with van der Waals surface area (Å²) in [5, 5.41) is 2.28. The summed E-state index contributed by atoms with van der Waals surface area (Å²) >= 11 is 6.09. The van der Waals surface area contributed by atoms with Crippen molar-refractivity contribution in [3.8, 4) is 0 Å². The standard InChI is InChI=1S/C21H22ClNSi/c1-24(2,20-6-4-3-5-7-20)16-21(18-12-14-23-15-13-18)17-8-10-19(22)11-9-17/h3-15,21H,16H2,1-2H3. The molecule has 1 nitrogen and oxygen atoms in total. The van der Waals surface area contributed by atoms with Gasteiger partial charge in [0.25, 0.3) is 0 Å². The van der Waals surface area contributed by atoms with E-state index in [0.717, 1.165) is 11.1 Å². The second-order valence-corrected chi connectivity index (χ2v) is 12.0. The van der Waals surface area contributed by atoms with Gasteiger partial charge < -0.3 is 0 Å². The lowest BCUT2D eigenvalue weighted by Crippen LogP contribution is -2.42. The molecule has 2 aromatic carbocycles. The smallest absolute Gasteiger partial charge is 0.0815 e. The fourth-order valence-electron chi connectivity index (χ4n) is 3.24. The van der Waals surface area contributed by atoms with E-state index in [4.69, 9.17) is 11.6 Å². The summed E-state index contributed by atoms with van der Waals surface area (Å²) in [6.07, 6.45) is 3.77. The quantitative estimate of drug-likeness (QED) is 0.554. The Morgan fingerprint density at radius 2 is 1.42 bits per heavy atom. The predicted octanol–water partition coefficient (Wildman–Crippen LogP) is 5.48. The molecule has 0 saturated heterocycles. The van der Waals surface area contributed by atoms with Gasteiger partial charge in [-0.05, 0) is 41.4 Å². The van der Waals surface area contributed by atoms with Crippen molar-refractivity contribution in [2.45, 2.75) is 25.1 Å². The first-order valence-electron chi connectivity index (χ1n) is 8.27. The first-order chi connectivity index (χ1) is 11.6. The van der Waals surface area contributed by atoms with E-state index in [2.05, 4.69) is 72.7 Å². The molecule has 3 rings (SSSR count). The monoisotopic (exact) mass is 351 g/mol. The van der Waals surface area contributed by atoms with Crippen LogP contribution in [-0.4, -0.2) is 13.1 Å². The van der Waals surface area contributed by atoms with Gasteiger partial charge in [-0.15, -0.1) is 0 Å². The number of hydrogen-bond donors (Lipinski definition) is 0. The molecule has 0 N–H and O–H groups in total. The first-order valence-corrected chi connectivity index (χ1v) is 11.9. The Labute approximate surface area is 150 Å². The highest BCUT2D eigenvalue weighted by atomic mass is 35.5. The van der Waals surface area contributed by atoms with Crippen LogP contribution in [-0.2, 0) is 0 Å². The summed E-state index contributed by atoms with van der Waals surface area (Å²) in [5.41, 5.74) is 2.64. The minimum absolute atomic E-state index is 0.368. The molecule has 0 bridgehead atoms. The summed E-state index contributed by atoms with van der Waals surface area (Å²) in [5.74, 6) is 0.368. The van der Waals surface area contributed by atoms with Gasteiger partial charge in [0, 0.05) is 23.3 Å². The Morgan fingerprint density at radius 3 is 2.04 bits per heavy atom. The molecule has 0 aliphatic rings. The highest BCUT2D eigenvalue weighted by Crippen LogP contribution is 2.33. The van der Waals surface area contributed by atoms with Crippen LogP contribution < -0.4 is 5.19 Å². The summed E-state index contributed by atoms with van der Waals surface area (Å²) in [7, 11) is -1.58. The van der Waals surface area contributed by atoms with Crippen LogP contribution in [0.1, 0.15) is 17.0 Å². The first kappa shape index (κ1) is 16.9. The van der Waals surface area contributed by atoms with Crippen molar-refractivity contribution in [2.24, 2.45) is 0 Å². The number of pyridine rings is 1. The molecule has 0 radical (unpaired) electrons. The van der Waals surface area contributed by atoms with Crippen molar-refractivity contribution in [1.82, 2.24) is 4.98 Å². The van der Waals surface area contributed by atoms with Crippen LogP contribution in [0.15, 0.2) is 79.1 Å². The van der Waals surface area contributed by atoms with Gasteiger partial charge in [-0.2, -0.15) is 0 Å². The third kappa shape index (κ3) is 3.95.